The Morgan fingerprint density at radius 3 is 2.14 bits per heavy atom. The van der Waals surface area contributed by atoms with Crippen LogP contribution < -0.4 is 0 Å². The molecule has 7 nitrogen and oxygen atoms in total. The summed E-state index contributed by atoms with van der Waals surface area (Å²) in [6.45, 7) is 2.52. The number of hydrogen-bond donors (Lipinski definition) is 0. The third kappa shape index (κ3) is 3.70. The number of nitro benzene ring substituents is 1. The second kappa shape index (κ2) is 7.28. The monoisotopic (exact) mass is 353 g/mol. The van der Waals surface area contributed by atoms with Crippen LogP contribution in [-0.4, -0.2) is 28.8 Å². The molecule has 1 aromatic carbocycles. The number of nitro groups is 1. The van der Waals surface area contributed by atoms with Crippen LogP contribution in [0.15, 0.2) is 24.3 Å². The van der Waals surface area contributed by atoms with Crippen LogP contribution in [0.4, 0.5) is 10.1 Å². The smallest absolute Gasteiger partial charge is 0.305 e. The van der Waals surface area contributed by atoms with Crippen LogP contribution in [0.5, 0.6) is 0 Å². The first kappa shape index (κ1) is 18.7. The zero-order valence-corrected chi connectivity index (χ0v) is 13.5. The molecule has 1 aromatic rings. The maximum absolute atomic E-state index is 14.6. The lowest BCUT2D eigenvalue weighted by molar-refractivity contribution is -0.384. The average molecular weight is 354 g/mol. The molecule has 0 heterocycles. The van der Waals surface area contributed by atoms with Gasteiger partial charge in [-0.3, -0.25) is 19.5 Å². The Kier molecular flexibility index (Phi) is 6.19. The molecule has 0 aliphatic carbocycles. The summed E-state index contributed by atoms with van der Waals surface area (Å²) in [4.78, 5) is 18.6. The van der Waals surface area contributed by atoms with Crippen molar-refractivity contribution in [3.8, 4) is 0 Å². The molecule has 0 saturated carbocycles. The van der Waals surface area contributed by atoms with E-state index in [0.29, 0.717) is 0 Å². The Bertz CT molecular complexity index is 596. The molecule has 0 saturated heterocycles. The second-order valence-corrected chi connectivity index (χ2v) is 6.92. The summed E-state index contributed by atoms with van der Waals surface area (Å²) in [6, 6.07) is 4.04. The Balaban J connectivity index is 3.17. The van der Waals surface area contributed by atoms with E-state index in [1.54, 1.807) is 0 Å². The fourth-order valence-corrected chi connectivity index (χ4v) is 3.43. The SMILES string of the molecule is CCOP(=O)(OCC)[C@](F)(Cl)C(=O)c1ccc([N+](=O)[O-])cc1. The first-order chi connectivity index (χ1) is 10.2. The fourth-order valence-electron chi connectivity index (χ4n) is 1.57. The highest BCUT2D eigenvalue weighted by Gasteiger charge is 2.57. The van der Waals surface area contributed by atoms with E-state index in [-0.39, 0.29) is 24.5 Å². The zero-order valence-electron chi connectivity index (χ0n) is 11.8. The number of non-ortho nitro benzene ring substituents is 1. The van der Waals surface area contributed by atoms with Crippen LogP contribution in [-0.2, 0) is 13.6 Å². The van der Waals surface area contributed by atoms with Gasteiger partial charge >= 0.3 is 12.5 Å². The molecule has 0 fully saturated rings. The number of nitrogens with zero attached hydrogens (tertiary/aromatic N) is 1. The third-order valence-corrected chi connectivity index (χ3v) is 5.44. The third-order valence-electron chi connectivity index (χ3n) is 2.56. The molecule has 0 N–H and O–H groups in total. The molecule has 1 rings (SSSR count). The number of rotatable bonds is 8. The lowest BCUT2D eigenvalue weighted by Crippen LogP contribution is -2.29. The van der Waals surface area contributed by atoms with Gasteiger partial charge in [0, 0.05) is 17.7 Å². The van der Waals surface area contributed by atoms with Crippen LogP contribution in [0.3, 0.4) is 0 Å². The summed E-state index contributed by atoms with van der Waals surface area (Å²) in [5.41, 5.74) is -0.573. The number of halogens is 2. The number of ketones is 1. The fraction of sp³-hybridized carbons (Fsp3) is 0.417. The minimum atomic E-state index is -4.56. The van der Waals surface area contributed by atoms with Gasteiger partial charge in [0.2, 0.25) is 5.78 Å². The summed E-state index contributed by atoms with van der Waals surface area (Å²) in [6.07, 6.45) is 0. The molecule has 122 valence electrons. The van der Waals surface area contributed by atoms with Crippen LogP contribution in [0.1, 0.15) is 24.2 Å². The Morgan fingerprint density at radius 2 is 1.77 bits per heavy atom. The molecule has 0 amide bonds. The normalized spacial score (nSPS) is 14.4. The Morgan fingerprint density at radius 1 is 1.32 bits per heavy atom. The lowest BCUT2D eigenvalue weighted by atomic mass is 10.1. The molecule has 0 bridgehead atoms. The van der Waals surface area contributed by atoms with Gasteiger partial charge < -0.3 is 9.05 Å². The molecule has 0 aliphatic rings. The minimum Gasteiger partial charge on any atom is -0.305 e. The van der Waals surface area contributed by atoms with Gasteiger partial charge in [-0.05, 0) is 26.0 Å². The minimum absolute atomic E-state index is 0.177. The zero-order chi connectivity index (χ0) is 17.0. The number of alkyl halides is 2. The van der Waals surface area contributed by atoms with E-state index in [9.17, 15) is 23.9 Å². The van der Waals surface area contributed by atoms with Crippen LogP contribution in [0, 0.1) is 10.1 Å². The Labute approximate surface area is 131 Å². The van der Waals surface area contributed by atoms with Crippen molar-refractivity contribution in [1.82, 2.24) is 0 Å². The van der Waals surface area contributed by atoms with Crippen molar-refractivity contribution in [1.29, 1.82) is 0 Å². The molecule has 0 aliphatic heterocycles. The van der Waals surface area contributed by atoms with Crippen molar-refractivity contribution >= 4 is 30.7 Å². The van der Waals surface area contributed by atoms with Crippen LogP contribution >= 0.6 is 19.2 Å². The number of Topliss-reactive ketones (excluding diaryl/α,β-unsaturated/α-hetero) is 1. The van der Waals surface area contributed by atoms with E-state index in [1.165, 1.54) is 13.8 Å². The van der Waals surface area contributed by atoms with Crippen molar-refractivity contribution < 1.29 is 27.7 Å². The maximum atomic E-state index is 14.6. The topological polar surface area (TPSA) is 95.7 Å². The van der Waals surface area contributed by atoms with Crippen molar-refractivity contribution in [2.24, 2.45) is 0 Å². The molecule has 0 unspecified atom stereocenters. The van der Waals surface area contributed by atoms with Gasteiger partial charge in [-0.2, -0.15) is 0 Å². The van der Waals surface area contributed by atoms with Gasteiger partial charge in [-0.25, -0.2) is 4.39 Å². The molecule has 1 atom stereocenters. The molecule has 22 heavy (non-hydrogen) atoms. The Hall–Kier alpha value is -1.34. The van der Waals surface area contributed by atoms with E-state index in [2.05, 4.69) is 0 Å². The summed E-state index contributed by atoms with van der Waals surface area (Å²) >= 11 is 5.53. The van der Waals surface area contributed by atoms with Crippen molar-refractivity contribution in [3.63, 3.8) is 0 Å². The molecule has 0 radical (unpaired) electrons. The van der Waals surface area contributed by atoms with Crippen LogP contribution in [0.2, 0.25) is 0 Å². The first-order valence-electron chi connectivity index (χ1n) is 6.26. The van der Waals surface area contributed by atoms with E-state index in [4.69, 9.17) is 20.6 Å². The standard InChI is InChI=1S/C12H14ClFNO6P/c1-3-20-22(19,21-4-2)12(13,14)11(16)9-5-7-10(8-6-9)15(17)18/h5-8H,3-4H2,1-2H3/t12-/m0/s1. The van der Waals surface area contributed by atoms with Gasteiger partial charge in [-0.1, -0.05) is 11.6 Å². The first-order valence-corrected chi connectivity index (χ1v) is 8.18. The van der Waals surface area contributed by atoms with Gasteiger partial charge in [0.15, 0.2) is 0 Å². The summed E-state index contributed by atoms with van der Waals surface area (Å²) in [5.74, 6) is -1.35. The molecule has 10 heteroatoms. The maximum Gasteiger partial charge on any atom is 0.391 e. The van der Waals surface area contributed by atoms with Gasteiger partial charge in [0.1, 0.15) is 0 Å². The van der Waals surface area contributed by atoms with Gasteiger partial charge in [0.05, 0.1) is 18.1 Å². The number of carbonyl (C=O) groups is 1. The highest BCUT2D eigenvalue weighted by molar-refractivity contribution is 7.58. The van der Waals surface area contributed by atoms with Crippen molar-refractivity contribution in [2.45, 2.75) is 18.7 Å². The van der Waals surface area contributed by atoms with E-state index in [0.717, 1.165) is 24.3 Å². The van der Waals surface area contributed by atoms with E-state index < -0.39 is 23.2 Å². The quantitative estimate of drug-likeness (QED) is 0.231. The molecular weight excluding hydrogens is 340 g/mol. The number of hydrogen-bond acceptors (Lipinski definition) is 6. The number of carbonyl (C=O) groups excluding carboxylic acids is 1. The average Bonchev–Trinajstić information content (AvgIpc) is 2.46. The molecular formula is C12H14ClFNO6P. The van der Waals surface area contributed by atoms with Gasteiger partial charge in [0.25, 0.3) is 5.69 Å². The highest BCUT2D eigenvalue weighted by Crippen LogP contribution is 2.64. The van der Waals surface area contributed by atoms with E-state index >= 15 is 0 Å². The van der Waals surface area contributed by atoms with Crippen molar-refractivity contribution in [3.05, 3.63) is 39.9 Å². The predicted molar refractivity (Wildman–Crippen MR) is 78.0 cm³/mol. The van der Waals surface area contributed by atoms with Crippen LogP contribution in [0.25, 0.3) is 0 Å². The highest BCUT2D eigenvalue weighted by atomic mass is 35.5. The second-order valence-electron chi connectivity index (χ2n) is 4.01. The van der Waals surface area contributed by atoms with E-state index in [1.807, 2.05) is 0 Å². The summed E-state index contributed by atoms with van der Waals surface area (Å²) < 4.78 is 36.4. The summed E-state index contributed by atoms with van der Waals surface area (Å²) in [5, 5.41) is 10.5. The van der Waals surface area contributed by atoms with Crippen molar-refractivity contribution in [2.75, 3.05) is 13.2 Å². The predicted octanol–water partition coefficient (Wildman–Crippen LogP) is 3.91. The molecule has 0 spiro atoms. The largest absolute Gasteiger partial charge is 0.391 e. The molecule has 0 aromatic heterocycles. The summed E-state index contributed by atoms with van der Waals surface area (Å²) in [7, 11) is -4.56. The lowest BCUT2D eigenvalue weighted by Gasteiger charge is -2.25. The van der Waals surface area contributed by atoms with Gasteiger partial charge in [-0.15, -0.1) is 0 Å². The number of benzene rings is 1.